The van der Waals surface area contributed by atoms with Crippen LogP contribution in [-0.2, 0) is 17.8 Å². The molecule has 6 nitrogen and oxygen atoms in total. The fraction of sp³-hybridized carbons (Fsp3) is 0.421. The van der Waals surface area contributed by atoms with Crippen molar-refractivity contribution in [1.29, 1.82) is 0 Å². The highest BCUT2D eigenvalue weighted by molar-refractivity contribution is 6.29. The molecular formula is C19H25ClN2O4. The lowest BCUT2D eigenvalue weighted by Gasteiger charge is -2.17. The number of allylic oxidation sites excluding steroid dienone is 1. The number of fused-ring (bicyclic) bond motifs is 1. The van der Waals surface area contributed by atoms with Gasteiger partial charge in [0, 0.05) is 41.7 Å². The third-order valence-corrected chi connectivity index (χ3v) is 4.18. The third kappa shape index (κ3) is 4.58. The number of halogens is 1. The van der Waals surface area contributed by atoms with Crippen molar-refractivity contribution in [3.63, 3.8) is 0 Å². The number of nitrogens with zero attached hydrogens (tertiary/aromatic N) is 1. The molecule has 142 valence electrons. The van der Waals surface area contributed by atoms with E-state index in [9.17, 15) is 4.79 Å². The van der Waals surface area contributed by atoms with Crippen molar-refractivity contribution in [1.82, 2.24) is 9.88 Å². The van der Waals surface area contributed by atoms with Crippen molar-refractivity contribution in [2.75, 3.05) is 27.9 Å². The number of pyridine rings is 1. The Bertz CT molecular complexity index is 848. The first-order chi connectivity index (χ1) is 12.4. The number of rotatable bonds is 9. The van der Waals surface area contributed by atoms with Crippen molar-refractivity contribution in [2.24, 2.45) is 0 Å². The van der Waals surface area contributed by atoms with E-state index < -0.39 is 0 Å². The Morgan fingerprint density at radius 2 is 1.88 bits per heavy atom. The summed E-state index contributed by atoms with van der Waals surface area (Å²) in [7, 11) is 4.78. The molecule has 0 aliphatic carbocycles. The fourth-order valence-corrected chi connectivity index (χ4v) is 2.93. The summed E-state index contributed by atoms with van der Waals surface area (Å²) in [6.07, 6.45) is 0. The van der Waals surface area contributed by atoms with Gasteiger partial charge in [-0.15, -0.1) is 0 Å². The van der Waals surface area contributed by atoms with E-state index in [0.29, 0.717) is 40.8 Å². The maximum absolute atomic E-state index is 13.0. The topological polar surface area (TPSA) is 61.7 Å². The molecule has 7 heteroatoms. The molecule has 2 aromatic rings. The molecule has 0 spiro atoms. The van der Waals surface area contributed by atoms with Crippen molar-refractivity contribution >= 4 is 22.5 Å². The van der Waals surface area contributed by atoms with Crippen molar-refractivity contribution in [3.8, 4) is 11.5 Å². The third-order valence-electron chi connectivity index (χ3n) is 4.06. The van der Waals surface area contributed by atoms with Gasteiger partial charge in [0.05, 0.1) is 32.9 Å². The van der Waals surface area contributed by atoms with Crippen LogP contribution in [-0.4, -0.2) is 38.5 Å². The van der Waals surface area contributed by atoms with E-state index in [-0.39, 0.29) is 18.1 Å². The number of methoxy groups -OCH3 is 3. The second kappa shape index (κ2) is 9.07. The standard InChI is InChI=1S/C19H25ClN2O4/c1-12(20)10-22-16-8-18(26-5)17(25-4)7-14(16)6-15(19(22)23)9-21-13(2)11-24-3/h6-8,13,21H,1,9-11H2,2-5H3. The molecule has 0 radical (unpaired) electrons. The van der Waals surface area contributed by atoms with E-state index in [1.807, 2.05) is 19.1 Å². The van der Waals surface area contributed by atoms with Gasteiger partial charge in [0.1, 0.15) is 0 Å². The average Bonchev–Trinajstić information content (AvgIpc) is 2.61. The number of nitrogens with one attached hydrogen (secondary N) is 1. The maximum Gasteiger partial charge on any atom is 0.255 e. The van der Waals surface area contributed by atoms with Crippen LogP contribution in [0.4, 0.5) is 0 Å². The smallest absolute Gasteiger partial charge is 0.255 e. The molecule has 0 bridgehead atoms. The summed E-state index contributed by atoms with van der Waals surface area (Å²) in [5.41, 5.74) is 1.22. The molecular weight excluding hydrogens is 356 g/mol. The minimum atomic E-state index is -0.122. The number of aromatic nitrogens is 1. The van der Waals surface area contributed by atoms with Crippen LogP contribution in [0.25, 0.3) is 10.9 Å². The van der Waals surface area contributed by atoms with Gasteiger partial charge in [0.2, 0.25) is 0 Å². The number of hydrogen-bond donors (Lipinski definition) is 1. The van der Waals surface area contributed by atoms with Crippen molar-refractivity contribution < 1.29 is 14.2 Å². The van der Waals surface area contributed by atoms with Crippen LogP contribution in [0.1, 0.15) is 12.5 Å². The molecule has 1 aromatic carbocycles. The van der Waals surface area contributed by atoms with Gasteiger partial charge in [-0.05, 0) is 19.1 Å². The van der Waals surface area contributed by atoms with Gasteiger partial charge in [-0.1, -0.05) is 18.2 Å². The van der Waals surface area contributed by atoms with E-state index in [2.05, 4.69) is 11.9 Å². The summed E-state index contributed by atoms with van der Waals surface area (Å²) in [6, 6.07) is 5.61. The highest BCUT2D eigenvalue weighted by Crippen LogP contribution is 2.32. The molecule has 0 fully saturated rings. The zero-order valence-corrected chi connectivity index (χ0v) is 16.4. The highest BCUT2D eigenvalue weighted by Gasteiger charge is 2.14. The van der Waals surface area contributed by atoms with E-state index in [4.69, 9.17) is 25.8 Å². The van der Waals surface area contributed by atoms with Gasteiger partial charge in [-0.3, -0.25) is 4.79 Å². The van der Waals surface area contributed by atoms with Gasteiger partial charge in [-0.25, -0.2) is 0 Å². The number of ether oxygens (including phenoxy) is 3. The number of benzene rings is 1. The van der Waals surface area contributed by atoms with Crippen LogP contribution in [0, 0.1) is 0 Å². The van der Waals surface area contributed by atoms with E-state index >= 15 is 0 Å². The minimum absolute atomic E-state index is 0.122. The Kier molecular flexibility index (Phi) is 7.08. The second-order valence-electron chi connectivity index (χ2n) is 6.08. The molecule has 0 saturated carbocycles. The summed E-state index contributed by atoms with van der Waals surface area (Å²) in [5, 5.41) is 4.52. The Labute approximate surface area is 158 Å². The zero-order valence-electron chi connectivity index (χ0n) is 15.6. The summed E-state index contributed by atoms with van der Waals surface area (Å²) in [5.74, 6) is 1.15. The van der Waals surface area contributed by atoms with Crippen molar-refractivity contribution in [2.45, 2.75) is 26.1 Å². The molecule has 1 N–H and O–H groups in total. The first-order valence-electron chi connectivity index (χ1n) is 8.25. The van der Waals surface area contributed by atoms with E-state index in [1.54, 1.807) is 32.0 Å². The Balaban J connectivity index is 2.58. The molecule has 1 atom stereocenters. The SMILES string of the molecule is C=C(Cl)Cn1c(=O)c(CNC(C)COC)cc2cc(OC)c(OC)cc21. The molecule has 0 aliphatic rings. The van der Waals surface area contributed by atoms with Crippen LogP contribution < -0.4 is 20.3 Å². The van der Waals surface area contributed by atoms with E-state index in [0.717, 1.165) is 5.39 Å². The molecule has 1 heterocycles. The lowest BCUT2D eigenvalue weighted by molar-refractivity contribution is 0.171. The average molecular weight is 381 g/mol. The first kappa shape index (κ1) is 20.3. The normalized spacial score (nSPS) is 12.2. The monoisotopic (exact) mass is 380 g/mol. The molecule has 0 aliphatic heterocycles. The van der Waals surface area contributed by atoms with Crippen LogP contribution in [0.5, 0.6) is 11.5 Å². The Hall–Kier alpha value is -2.02. The minimum Gasteiger partial charge on any atom is -0.493 e. The van der Waals surface area contributed by atoms with Crippen molar-refractivity contribution in [3.05, 3.63) is 45.7 Å². The summed E-state index contributed by atoms with van der Waals surface area (Å²) >= 11 is 6.00. The van der Waals surface area contributed by atoms with E-state index in [1.165, 1.54) is 0 Å². The highest BCUT2D eigenvalue weighted by atomic mass is 35.5. The second-order valence-corrected chi connectivity index (χ2v) is 6.62. The number of hydrogen-bond acceptors (Lipinski definition) is 5. The van der Waals surface area contributed by atoms with Gasteiger partial charge in [-0.2, -0.15) is 0 Å². The predicted octanol–water partition coefficient (Wildman–Crippen LogP) is 2.90. The molecule has 1 unspecified atom stereocenters. The van der Waals surface area contributed by atoms with Gasteiger partial charge in [0.15, 0.2) is 11.5 Å². The fourth-order valence-electron chi connectivity index (χ4n) is 2.81. The lowest BCUT2D eigenvalue weighted by Crippen LogP contribution is -2.33. The van der Waals surface area contributed by atoms with Crippen LogP contribution in [0.2, 0.25) is 0 Å². The molecule has 0 amide bonds. The summed E-state index contributed by atoms with van der Waals surface area (Å²) in [6.45, 7) is 6.91. The predicted molar refractivity (Wildman–Crippen MR) is 104 cm³/mol. The molecule has 1 aromatic heterocycles. The largest absolute Gasteiger partial charge is 0.493 e. The molecule has 0 saturated heterocycles. The van der Waals surface area contributed by atoms with Gasteiger partial charge >= 0.3 is 0 Å². The summed E-state index contributed by atoms with van der Waals surface area (Å²) < 4.78 is 17.5. The first-order valence-corrected chi connectivity index (χ1v) is 8.63. The quantitative estimate of drug-likeness (QED) is 0.724. The summed E-state index contributed by atoms with van der Waals surface area (Å²) in [4.78, 5) is 13.0. The zero-order chi connectivity index (χ0) is 19.3. The van der Waals surface area contributed by atoms with Crippen LogP contribution in [0.15, 0.2) is 34.6 Å². The van der Waals surface area contributed by atoms with Gasteiger partial charge < -0.3 is 24.1 Å². The Morgan fingerprint density at radius 1 is 1.23 bits per heavy atom. The molecule has 2 rings (SSSR count). The van der Waals surface area contributed by atoms with Gasteiger partial charge in [0.25, 0.3) is 5.56 Å². The van der Waals surface area contributed by atoms with Crippen LogP contribution >= 0.6 is 11.6 Å². The maximum atomic E-state index is 13.0. The lowest BCUT2D eigenvalue weighted by atomic mass is 10.1. The Morgan fingerprint density at radius 3 is 2.46 bits per heavy atom. The van der Waals surface area contributed by atoms with Crippen LogP contribution in [0.3, 0.4) is 0 Å². The molecule has 26 heavy (non-hydrogen) atoms.